The van der Waals surface area contributed by atoms with Gasteiger partial charge in [-0.25, -0.2) is 15.0 Å². The van der Waals surface area contributed by atoms with Crippen LogP contribution in [0.1, 0.15) is 41.1 Å². The lowest BCUT2D eigenvalue weighted by Gasteiger charge is -2.15. The summed E-state index contributed by atoms with van der Waals surface area (Å²) in [5, 5.41) is 5.62. The summed E-state index contributed by atoms with van der Waals surface area (Å²) >= 11 is 0. The summed E-state index contributed by atoms with van der Waals surface area (Å²) in [4.78, 5) is 15.7. The Morgan fingerprint density at radius 2 is 1.17 bits per heavy atom. The molecule has 0 unspecified atom stereocenters. The number of furan rings is 2. The smallest absolute Gasteiger partial charge is 0.164 e. The van der Waals surface area contributed by atoms with Crippen LogP contribution in [0.3, 0.4) is 0 Å². The fourth-order valence-electron chi connectivity index (χ4n) is 8.94. The Labute approximate surface area is 334 Å². The minimum atomic E-state index is 0.595. The SMILES string of the molecule is C1=Cc2cc(-c3cc(-c4nc(C5=Cc6oc7ccccc7c6CC5)nc(-c5ccc6cc(-c7ccccc7)ccc6c5)n4)cc4oc5ccccc5c34)ccc2CC1. The molecule has 0 saturated heterocycles. The number of aromatic nitrogens is 3. The van der Waals surface area contributed by atoms with E-state index in [1.165, 1.54) is 33.2 Å². The van der Waals surface area contributed by atoms with Gasteiger partial charge in [0.05, 0.1) is 0 Å². The summed E-state index contributed by atoms with van der Waals surface area (Å²) in [5.74, 6) is 2.74. The minimum absolute atomic E-state index is 0.595. The van der Waals surface area contributed by atoms with Gasteiger partial charge >= 0.3 is 0 Å². The molecule has 0 N–H and O–H groups in total. The molecule has 58 heavy (non-hydrogen) atoms. The summed E-state index contributed by atoms with van der Waals surface area (Å²) in [5.41, 5.74) is 13.9. The molecular weight excluding hydrogens is 711 g/mol. The van der Waals surface area contributed by atoms with Crippen molar-refractivity contribution in [3.63, 3.8) is 0 Å². The van der Waals surface area contributed by atoms with Crippen molar-refractivity contribution < 1.29 is 8.83 Å². The maximum Gasteiger partial charge on any atom is 0.164 e. The van der Waals surface area contributed by atoms with Crippen LogP contribution in [0, 0.1) is 0 Å². The quantitative estimate of drug-likeness (QED) is 0.175. The number of para-hydroxylation sites is 2. The second-order valence-electron chi connectivity index (χ2n) is 15.4. The molecule has 5 nitrogen and oxygen atoms in total. The van der Waals surface area contributed by atoms with E-state index < -0.39 is 0 Å². The number of hydrogen-bond donors (Lipinski definition) is 0. The first-order chi connectivity index (χ1) is 28.7. The monoisotopic (exact) mass is 745 g/mol. The van der Waals surface area contributed by atoms with Gasteiger partial charge in [-0.15, -0.1) is 0 Å². The predicted octanol–water partition coefficient (Wildman–Crippen LogP) is 13.8. The van der Waals surface area contributed by atoms with Crippen LogP contribution in [0.15, 0.2) is 161 Å². The van der Waals surface area contributed by atoms with E-state index in [-0.39, 0.29) is 0 Å². The average Bonchev–Trinajstić information content (AvgIpc) is 3.86. The summed E-state index contributed by atoms with van der Waals surface area (Å²) in [6.07, 6.45) is 10.4. The van der Waals surface area contributed by atoms with Gasteiger partial charge in [0, 0.05) is 38.4 Å². The molecule has 0 amide bonds. The topological polar surface area (TPSA) is 65.0 Å². The van der Waals surface area contributed by atoms with Crippen LogP contribution in [0.2, 0.25) is 0 Å². The first kappa shape index (κ1) is 32.8. The third-order valence-corrected chi connectivity index (χ3v) is 11.9. The van der Waals surface area contributed by atoms with Crippen LogP contribution in [0.25, 0.3) is 106 Å². The molecule has 0 aliphatic heterocycles. The standard InChI is InChI=1S/C53H35N3O2/c1-2-10-32(11-3-1)35-19-20-37-28-39(23-21-36(37)26-35)51-54-52(40-24-25-43-42-14-6-8-16-46(42)57-48(43)30-40)56-53(55-51)41-29-45(38-22-18-33-12-4-5-13-34(33)27-38)50-44-15-7-9-17-47(44)58-49(50)31-41/h1-3,5-11,13-23,26-31H,4,12,24-25H2. The lowest BCUT2D eigenvalue weighted by molar-refractivity contribution is 0.596. The fraction of sp³-hybridized carbons (Fsp3) is 0.0755. The van der Waals surface area contributed by atoms with Gasteiger partial charge in [0.15, 0.2) is 17.5 Å². The second kappa shape index (κ2) is 13.1. The molecule has 0 bridgehead atoms. The summed E-state index contributed by atoms with van der Waals surface area (Å²) < 4.78 is 13.0. The lowest BCUT2D eigenvalue weighted by atomic mass is 9.91. The minimum Gasteiger partial charge on any atom is -0.456 e. The van der Waals surface area contributed by atoms with Crippen molar-refractivity contribution in [1.82, 2.24) is 15.0 Å². The molecule has 274 valence electrons. The van der Waals surface area contributed by atoms with Crippen molar-refractivity contribution in [3.8, 4) is 45.0 Å². The highest BCUT2D eigenvalue weighted by Gasteiger charge is 2.23. The molecular formula is C53H35N3O2. The van der Waals surface area contributed by atoms with Crippen molar-refractivity contribution in [2.45, 2.75) is 25.7 Å². The number of fused-ring (bicyclic) bond motifs is 8. The zero-order valence-corrected chi connectivity index (χ0v) is 31.6. The molecule has 10 aromatic rings. The van der Waals surface area contributed by atoms with E-state index in [0.29, 0.717) is 17.5 Å². The molecule has 0 radical (unpaired) electrons. The predicted molar refractivity (Wildman–Crippen MR) is 236 cm³/mol. The van der Waals surface area contributed by atoms with E-state index in [2.05, 4.69) is 133 Å². The van der Waals surface area contributed by atoms with E-state index in [0.717, 1.165) is 97.6 Å². The van der Waals surface area contributed by atoms with E-state index in [4.69, 9.17) is 23.8 Å². The molecule has 5 heteroatoms. The first-order valence-electron chi connectivity index (χ1n) is 20.0. The number of nitrogens with zero attached hydrogens (tertiary/aromatic N) is 3. The number of rotatable bonds is 5. The number of benzene rings is 7. The van der Waals surface area contributed by atoms with E-state index in [1.807, 2.05) is 30.3 Å². The summed E-state index contributed by atoms with van der Waals surface area (Å²) in [6.45, 7) is 0. The summed E-state index contributed by atoms with van der Waals surface area (Å²) in [7, 11) is 0. The zero-order chi connectivity index (χ0) is 38.2. The Morgan fingerprint density at radius 3 is 2.03 bits per heavy atom. The van der Waals surface area contributed by atoms with Gasteiger partial charge in [-0.3, -0.25) is 0 Å². The maximum absolute atomic E-state index is 6.60. The maximum atomic E-state index is 6.60. The third kappa shape index (κ3) is 5.50. The van der Waals surface area contributed by atoms with Crippen molar-refractivity contribution in [2.75, 3.05) is 0 Å². The second-order valence-corrected chi connectivity index (χ2v) is 15.4. The Balaban J connectivity index is 1.05. The largest absolute Gasteiger partial charge is 0.456 e. The number of hydrogen-bond acceptors (Lipinski definition) is 5. The lowest BCUT2D eigenvalue weighted by Crippen LogP contribution is -2.06. The van der Waals surface area contributed by atoms with Gasteiger partial charge < -0.3 is 8.83 Å². The molecule has 0 spiro atoms. The Bertz CT molecular complexity index is 3350. The molecule has 12 rings (SSSR count). The van der Waals surface area contributed by atoms with Crippen LogP contribution in [-0.2, 0) is 12.8 Å². The average molecular weight is 746 g/mol. The van der Waals surface area contributed by atoms with Crippen LogP contribution >= 0.6 is 0 Å². The van der Waals surface area contributed by atoms with Crippen LogP contribution in [-0.4, -0.2) is 15.0 Å². The van der Waals surface area contributed by atoms with E-state index in [1.54, 1.807) is 0 Å². The molecule has 2 aliphatic carbocycles. The van der Waals surface area contributed by atoms with Crippen LogP contribution in [0.4, 0.5) is 0 Å². The summed E-state index contributed by atoms with van der Waals surface area (Å²) in [6, 6.07) is 51.3. The molecule has 7 aromatic carbocycles. The van der Waals surface area contributed by atoms with E-state index in [9.17, 15) is 0 Å². The zero-order valence-electron chi connectivity index (χ0n) is 31.6. The van der Waals surface area contributed by atoms with E-state index >= 15 is 0 Å². The molecule has 3 aromatic heterocycles. The van der Waals surface area contributed by atoms with Gasteiger partial charge in [0.2, 0.25) is 0 Å². The third-order valence-electron chi connectivity index (χ3n) is 11.9. The molecule has 2 aliphatic rings. The Morgan fingerprint density at radius 1 is 0.466 bits per heavy atom. The number of aryl methyl sites for hydroxylation is 2. The Kier molecular flexibility index (Phi) is 7.42. The van der Waals surface area contributed by atoms with Gasteiger partial charge in [0.1, 0.15) is 22.5 Å². The fourth-order valence-corrected chi connectivity index (χ4v) is 8.94. The highest BCUT2D eigenvalue weighted by atomic mass is 16.3. The van der Waals surface area contributed by atoms with Crippen LogP contribution < -0.4 is 0 Å². The molecule has 0 saturated carbocycles. The number of allylic oxidation sites excluding steroid dienone is 2. The highest BCUT2D eigenvalue weighted by molar-refractivity contribution is 6.13. The van der Waals surface area contributed by atoms with Crippen molar-refractivity contribution in [2.24, 2.45) is 0 Å². The van der Waals surface area contributed by atoms with Crippen molar-refractivity contribution in [1.29, 1.82) is 0 Å². The van der Waals surface area contributed by atoms with Crippen LogP contribution in [0.5, 0.6) is 0 Å². The van der Waals surface area contributed by atoms with Gasteiger partial charge in [0.25, 0.3) is 0 Å². The van der Waals surface area contributed by atoms with Crippen molar-refractivity contribution >= 4 is 61.4 Å². The van der Waals surface area contributed by atoms with Crippen molar-refractivity contribution in [3.05, 3.63) is 180 Å². The Hall–Kier alpha value is -7.37. The van der Waals surface area contributed by atoms with Gasteiger partial charge in [-0.2, -0.15) is 0 Å². The molecule has 3 heterocycles. The molecule has 0 atom stereocenters. The first-order valence-corrected chi connectivity index (χ1v) is 20.0. The van der Waals surface area contributed by atoms with Gasteiger partial charge in [-0.1, -0.05) is 115 Å². The molecule has 0 fully saturated rings. The normalized spacial score (nSPS) is 13.6. The van der Waals surface area contributed by atoms with Gasteiger partial charge in [-0.05, 0) is 118 Å². The highest BCUT2D eigenvalue weighted by Crippen LogP contribution is 2.42.